The number of aromatic amines is 1. The third-order valence-electron chi connectivity index (χ3n) is 5.84. The molecule has 0 bridgehead atoms. The number of phenols is 2. The average molecular weight is 433 g/mol. The minimum Gasteiger partial charge on any atom is -0.508 e. The van der Waals surface area contributed by atoms with Crippen LogP contribution in [0.25, 0.3) is 16.8 Å². The molecule has 31 heavy (non-hydrogen) atoms. The summed E-state index contributed by atoms with van der Waals surface area (Å²) in [6, 6.07) is 11.1. The summed E-state index contributed by atoms with van der Waals surface area (Å²) >= 11 is 6.22. The third-order valence-corrected chi connectivity index (χ3v) is 6.08. The molecular weight excluding hydrogens is 408 g/mol. The summed E-state index contributed by atoms with van der Waals surface area (Å²) in [4.78, 5) is 0. The van der Waals surface area contributed by atoms with Gasteiger partial charge in [0.15, 0.2) is 0 Å². The summed E-state index contributed by atoms with van der Waals surface area (Å²) < 4.78 is 0. The van der Waals surface area contributed by atoms with Crippen molar-refractivity contribution < 1.29 is 10.2 Å². The molecule has 2 aromatic carbocycles. The third kappa shape index (κ3) is 3.91. The number of halogens is 1. The van der Waals surface area contributed by atoms with Gasteiger partial charge in [-0.2, -0.15) is 5.10 Å². The second-order valence-electron chi connectivity index (χ2n) is 8.03. The van der Waals surface area contributed by atoms with Crippen LogP contribution < -0.4 is 0 Å². The SMILES string of the molecule is CCc1cc(-c2n[nH]c(C)c2C2=CC=CC(C)(c3cccc(Cl)c3)C=C2)c(O)cc1O. The first-order valence-corrected chi connectivity index (χ1v) is 10.7. The molecule has 4 rings (SSSR count). The molecule has 3 aromatic rings. The van der Waals surface area contributed by atoms with E-state index in [4.69, 9.17) is 11.6 Å². The molecule has 1 aliphatic rings. The largest absolute Gasteiger partial charge is 0.508 e. The van der Waals surface area contributed by atoms with Gasteiger partial charge in [-0.3, -0.25) is 5.10 Å². The van der Waals surface area contributed by atoms with Crippen molar-refractivity contribution in [2.45, 2.75) is 32.6 Å². The number of aromatic nitrogens is 2. The van der Waals surface area contributed by atoms with Gasteiger partial charge in [-0.05, 0) is 55.2 Å². The predicted molar refractivity (Wildman–Crippen MR) is 127 cm³/mol. The zero-order valence-electron chi connectivity index (χ0n) is 17.8. The molecule has 158 valence electrons. The zero-order valence-corrected chi connectivity index (χ0v) is 18.5. The highest BCUT2D eigenvalue weighted by molar-refractivity contribution is 6.30. The molecule has 0 amide bonds. The number of hydrogen-bond acceptors (Lipinski definition) is 3. The summed E-state index contributed by atoms with van der Waals surface area (Å²) in [7, 11) is 0. The molecule has 1 aliphatic carbocycles. The maximum atomic E-state index is 10.5. The van der Waals surface area contributed by atoms with E-state index in [9.17, 15) is 10.2 Å². The normalized spacial score (nSPS) is 18.1. The Morgan fingerprint density at radius 3 is 2.65 bits per heavy atom. The molecule has 4 nitrogen and oxygen atoms in total. The Morgan fingerprint density at radius 1 is 1.10 bits per heavy atom. The predicted octanol–water partition coefficient (Wildman–Crippen LogP) is 6.48. The summed E-state index contributed by atoms with van der Waals surface area (Å²) in [5.41, 5.74) is 5.60. The van der Waals surface area contributed by atoms with Crippen molar-refractivity contribution in [3.8, 4) is 22.8 Å². The Labute approximate surface area is 187 Å². The summed E-state index contributed by atoms with van der Waals surface area (Å²) in [6.45, 7) is 6.07. The number of phenolic OH excluding ortho intramolecular Hbond substituents is 2. The van der Waals surface area contributed by atoms with Crippen molar-refractivity contribution in [1.29, 1.82) is 0 Å². The summed E-state index contributed by atoms with van der Waals surface area (Å²) in [5.74, 6) is 0.0892. The molecule has 3 N–H and O–H groups in total. The van der Waals surface area contributed by atoms with Crippen molar-refractivity contribution in [2.75, 3.05) is 0 Å². The molecule has 5 heteroatoms. The van der Waals surface area contributed by atoms with Gasteiger partial charge < -0.3 is 10.2 Å². The van der Waals surface area contributed by atoms with Gasteiger partial charge in [-0.1, -0.05) is 61.0 Å². The van der Waals surface area contributed by atoms with Crippen LogP contribution in [0, 0.1) is 6.92 Å². The maximum absolute atomic E-state index is 10.5. The highest BCUT2D eigenvalue weighted by Gasteiger charge is 2.24. The Hall–Kier alpha value is -3.24. The highest BCUT2D eigenvalue weighted by Crippen LogP contribution is 2.40. The number of benzene rings is 2. The minimum atomic E-state index is -0.309. The van der Waals surface area contributed by atoms with E-state index in [1.807, 2.05) is 44.2 Å². The van der Waals surface area contributed by atoms with Gasteiger partial charge in [0, 0.05) is 33.3 Å². The monoisotopic (exact) mass is 432 g/mol. The molecule has 0 fully saturated rings. The van der Waals surface area contributed by atoms with E-state index < -0.39 is 0 Å². The van der Waals surface area contributed by atoms with Gasteiger partial charge >= 0.3 is 0 Å². The lowest BCUT2D eigenvalue weighted by Crippen LogP contribution is -2.15. The first-order chi connectivity index (χ1) is 14.8. The van der Waals surface area contributed by atoms with Gasteiger partial charge in [0.1, 0.15) is 17.2 Å². The molecule has 0 spiro atoms. The van der Waals surface area contributed by atoms with E-state index in [-0.39, 0.29) is 16.9 Å². The van der Waals surface area contributed by atoms with Crippen LogP contribution in [0.15, 0.2) is 66.8 Å². The lowest BCUT2D eigenvalue weighted by molar-refractivity contribution is 0.447. The number of hydrogen-bond donors (Lipinski definition) is 3. The van der Waals surface area contributed by atoms with Crippen LogP contribution in [-0.2, 0) is 11.8 Å². The van der Waals surface area contributed by atoms with E-state index in [1.54, 1.807) is 6.07 Å². The molecule has 0 radical (unpaired) electrons. The zero-order chi connectivity index (χ0) is 22.2. The fourth-order valence-corrected chi connectivity index (χ4v) is 4.17. The summed E-state index contributed by atoms with van der Waals surface area (Å²) in [5, 5.41) is 28.9. The van der Waals surface area contributed by atoms with Crippen LogP contribution in [0.1, 0.15) is 36.2 Å². The van der Waals surface area contributed by atoms with Crippen LogP contribution in [0.2, 0.25) is 5.02 Å². The number of H-pyrrole nitrogens is 1. The standard InChI is InChI=1S/C26H25ClN2O2/c1-4-17-13-21(23(31)15-22(17)30)25-24(16(2)28-29-25)18-7-6-11-26(3,12-10-18)19-8-5-9-20(27)14-19/h5-15,30-31H,4H2,1-3H3,(H,28,29). The number of aromatic hydroxyl groups is 2. The van der Waals surface area contributed by atoms with Crippen LogP contribution in [0.5, 0.6) is 11.5 Å². The Morgan fingerprint density at radius 2 is 1.90 bits per heavy atom. The number of allylic oxidation sites excluding steroid dienone is 6. The smallest absolute Gasteiger partial charge is 0.128 e. The molecular formula is C26H25ClN2O2. The molecule has 1 atom stereocenters. The van der Waals surface area contributed by atoms with Gasteiger partial charge in [0.05, 0.1) is 0 Å². The van der Waals surface area contributed by atoms with Gasteiger partial charge in [0.25, 0.3) is 0 Å². The minimum absolute atomic E-state index is 0.0000376. The van der Waals surface area contributed by atoms with Gasteiger partial charge in [-0.25, -0.2) is 0 Å². The quantitative estimate of drug-likeness (QED) is 0.442. The fraction of sp³-hybridized carbons (Fsp3) is 0.192. The first-order valence-electron chi connectivity index (χ1n) is 10.3. The maximum Gasteiger partial charge on any atom is 0.128 e. The second kappa shape index (κ2) is 8.12. The van der Waals surface area contributed by atoms with Crippen LogP contribution >= 0.6 is 11.6 Å². The van der Waals surface area contributed by atoms with Gasteiger partial charge in [-0.15, -0.1) is 0 Å². The molecule has 0 saturated carbocycles. The number of nitrogens with zero attached hydrogens (tertiary/aromatic N) is 1. The van der Waals surface area contributed by atoms with Crippen LogP contribution in [0.4, 0.5) is 0 Å². The molecule has 1 aromatic heterocycles. The lowest BCUT2D eigenvalue weighted by atomic mass is 9.82. The van der Waals surface area contributed by atoms with Crippen molar-refractivity contribution in [3.63, 3.8) is 0 Å². The average Bonchev–Trinajstić information content (AvgIpc) is 3.00. The number of rotatable bonds is 4. The summed E-state index contributed by atoms with van der Waals surface area (Å²) in [6.07, 6.45) is 11.1. The molecule has 1 heterocycles. The number of nitrogens with one attached hydrogen (secondary N) is 1. The van der Waals surface area contributed by atoms with Gasteiger partial charge in [0.2, 0.25) is 0 Å². The lowest BCUT2D eigenvalue weighted by Gasteiger charge is -2.22. The number of aryl methyl sites for hydroxylation is 2. The van der Waals surface area contributed by atoms with Crippen molar-refractivity contribution >= 4 is 17.2 Å². The first kappa shape index (κ1) is 21.0. The van der Waals surface area contributed by atoms with Crippen molar-refractivity contribution in [2.24, 2.45) is 0 Å². The Bertz CT molecular complexity index is 1240. The van der Waals surface area contributed by atoms with Crippen molar-refractivity contribution in [3.05, 3.63) is 94.2 Å². The van der Waals surface area contributed by atoms with Crippen LogP contribution in [-0.4, -0.2) is 20.4 Å². The highest BCUT2D eigenvalue weighted by atomic mass is 35.5. The Balaban J connectivity index is 1.79. The van der Waals surface area contributed by atoms with E-state index >= 15 is 0 Å². The van der Waals surface area contributed by atoms with Crippen LogP contribution in [0.3, 0.4) is 0 Å². The second-order valence-corrected chi connectivity index (χ2v) is 8.47. The topological polar surface area (TPSA) is 69.1 Å². The molecule has 0 aliphatic heterocycles. The van der Waals surface area contributed by atoms with E-state index in [0.29, 0.717) is 22.7 Å². The Kier molecular flexibility index (Phi) is 5.50. The van der Waals surface area contributed by atoms with Crippen molar-refractivity contribution in [1.82, 2.24) is 10.2 Å². The van der Waals surface area contributed by atoms with E-state index in [0.717, 1.165) is 28.0 Å². The molecule has 0 saturated heterocycles. The van der Waals surface area contributed by atoms with E-state index in [2.05, 4.69) is 41.4 Å². The fourth-order valence-electron chi connectivity index (χ4n) is 3.98. The van der Waals surface area contributed by atoms with E-state index in [1.165, 1.54) is 6.07 Å². The molecule has 1 unspecified atom stereocenters.